The van der Waals surface area contributed by atoms with Crippen LogP contribution in [0.5, 0.6) is 0 Å². The highest BCUT2D eigenvalue weighted by atomic mass is 15.2. The van der Waals surface area contributed by atoms with Gasteiger partial charge in [0.15, 0.2) is 0 Å². The van der Waals surface area contributed by atoms with Crippen LogP contribution in [0.3, 0.4) is 0 Å². The van der Waals surface area contributed by atoms with Crippen LogP contribution >= 0.6 is 0 Å². The predicted molar refractivity (Wildman–Crippen MR) is 33.4 cm³/mol. The van der Waals surface area contributed by atoms with Crippen LogP contribution in [0.15, 0.2) is 0 Å². The van der Waals surface area contributed by atoms with Crippen LogP contribution in [0, 0.1) is 12.3 Å². The zero-order valence-corrected chi connectivity index (χ0v) is 5.30. The molecule has 0 aromatic carbocycles. The van der Waals surface area contributed by atoms with Crippen LogP contribution in [0.25, 0.3) is 0 Å². The lowest BCUT2D eigenvalue weighted by atomic mass is 10.1. The van der Waals surface area contributed by atoms with E-state index in [0.717, 1.165) is 12.0 Å². The average Bonchev–Trinajstić information content (AvgIpc) is 2.23. The summed E-state index contributed by atoms with van der Waals surface area (Å²) in [5.74, 6) is 0.949. The second-order valence-electron chi connectivity index (χ2n) is 3.06. The summed E-state index contributed by atoms with van der Waals surface area (Å²) in [4.78, 5) is 2.48. The minimum Gasteiger partial charge on any atom is -0.303 e. The van der Waals surface area contributed by atoms with E-state index >= 15 is 0 Å². The van der Waals surface area contributed by atoms with Crippen molar-refractivity contribution < 1.29 is 0 Å². The van der Waals surface area contributed by atoms with E-state index in [1.165, 1.54) is 19.4 Å². The summed E-state index contributed by atoms with van der Waals surface area (Å²) in [6, 6.07) is 0.917. The second kappa shape index (κ2) is 1.47. The molecule has 1 aliphatic carbocycles. The van der Waals surface area contributed by atoms with Crippen molar-refractivity contribution in [1.29, 1.82) is 0 Å². The molecule has 2 atom stereocenters. The zero-order chi connectivity index (χ0) is 5.56. The summed E-state index contributed by atoms with van der Waals surface area (Å²) in [5.41, 5.74) is 0. The van der Waals surface area contributed by atoms with Gasteiger partial charge >= 0.3 is 0 Å². The van der Waals surface area contributed by atoms with Crippen LogP contribution in [0.4, 0.5) is 0 Å². The normalized spacial score (nSPS) is 46.1. The van der Waals surface area contributed by atoms with Gasteiger partial charge in [-0.1, -0.05) is 0 Å². The fourth-order valence-electron chi connectivity index (χ4n) is 1.92. The number of fused-ring (bicyclic) bond motifs is 2. The Morgan fingerprint density at radius 1 is 1.62 bits per heavy atom. The minimum atomic E-state index is 0.917. The second-order valence-corrected chi connectivity index (χ2v) is 3.06. The Hall–Kier alpha value is -0.0400. The van der Waals surface area contributed by atoms with E-state index in [1.807, 2.05) is 0 Å². The van der Waals surface area contributed by atoms with Crippen molar-refractivity contribution >= 4 is 0 Å². The summed E-state index contributed by atoms with van der Waals surface area (Å²) in [6.07, 6.45) is 5.27. The Bertz CT molecular complexity index is 98.6. The molecule has 1 radical (unpaired) electrons. The molecule has 1 saturated carbocycles. The van der Waals surface area contributed by atoms with E-state index in [4.69, 9.17) is 0 Å². The summed E-state index contributed by atoms with van der Waals surface area (Å²) in [5, 5.41) is 0. The third kappa shape index (κ3) is 0.510. The van der Waals surface area contributed by atoms with Gasteiger partial charge in [-0.05, 0) is 32.2 Å². The highest BCUT2D eigenvalue weighted by Crippen LogP contribution is 2.34. The molecule has 1 heterocycles. The molecule has 2 unspecified atom stereocenters. The van der Waals surface area contributed by atoms with Crippen LogP contribution in [-0.4, -0.2) is 24.5 Å². The van der Waals surface area contributed by atoms with Crippen molar-refractivity contribution in [3.05, 3.63) is 6.42 Å². The van der Waals surface area contributed by atoms with Crippen molar-refractivity contribution in [2.24, 2.45) is 5.92 Å². The van der Waals surface area contributed by atoms with Gasteiger partial charge in [0, 0.05) is 12.6 Å². The van der Waals surface area contributed by atoms with E-state index < -0.39 is 0 Å². The number of nitrogens with zero attached hydrogens (tertiary/aromatic N) is 1. The molecule has 1 aliphatic heterocycles. The van der Waals surface area contributed by atoms with Crippen LogP contribution in [0.1, 0.15) is 12.8 Å². The first-order chi connectivity index (χ1) is 3.86. The third-order valence-corrected chi connectivity index (χ3v) is 2.46. The Morgan fingerprint density at radius 3 is 2.75 bits per heavy atom. The molecule has 8 heavy (non-hydrogen) atoms. The van der Waals surface area contributed by atoms with Crippen LogP contribution in [0.2, 0.25) is 0 Å². The number of hydrogen-bond donors (Lipinski definition) is 0. The maximum atomic E-state index is 2.48. The molecule has 0 amide bonds. The van der Waals surface area contributed by atoms with Gasteiger partial charge in [-0.25, -0.2) is 0 Å². The molecule has 0 N–H and O–H groups in total. The van der Waals surface area contributed by atoms with Gasteiger partial charge in [-0.2, -0.15) is 0 Å². The van der Waals surface area contributed by atoms with Gasteiger partial charge in [0.05, 0.1) is 0 Å². The largest absolute Gasteiger partial charge is 0.303 e. The lowest BCUT2D eigenvalue weighted by Crippen LogP contribution is -2.27. The quantitative estimate of drug-likeness (QED) is 0.448. The van der Waals surface area contributed by atoms with Gasteiger partial charge < -0.3 is 4.90 Å². The maximum Gasteiger partial charge on any atom is 0.00984 e. The van der Waals surface area contributed by atoms with Crippen molar-refractivity contribution in [2.45, 2.75) is 18.9 Å². The molecule has 2 fully saturated rings. The SMILES string of the molecule is CN1CC2[CH]CC1C2. The third-order valence-electron chi connectivity index (χ3n) is 2.46. The number of rotatable bonds is 0. The lowest BCUT2D eigenvalue weighted by Gasteiger charge is -2.20. The van der Waals surface area contributed by atoms with Gasteiger partial charge in [-0.3, -0.25) is 0 Å². The summed E-state index contributed by atoms with van der Waals surface area (Å²) < 4.78 is 0. The lowest BCUT2D eigenvalue weighted by molar-refractivity contribution is 0.287. The van der Waals surface area contributed by atoms with Gasteiger partial charge in [0.25, 0.3) is 0 Å². The molecule has 1 saturated heterocycles. The summed E-state index contributed by atoms with van der Waals surface area (Å²) >= 11 is 0. The topological polar surface area (TPSA) is 3.24 Å². The number of likely N-dealkylation sites (tertiary alicyclic amines) is 1. The first-order valence-electron chi connectivity index (χ1n) is 3.40. The van der Waals surface area contributed by atoms with Crippen LogP contribution in [-0.2, 0) is 0 Å². The molecular formula is C7H12N. The van der Waals surface area contributed by atoms with Gasteiger partial charge in [0.1, 0.15) is 0 Å². The summed E-state index contributed by atoms with van der Waals surface area (Å²) in [7, 11) is 2.23. The van der Waals surface area contributed by atoms with E-state index in [-0.39, 0.29) is 0 Å². The molecule has 2 bridgehead atoms. The highest BCUT2D eigenvalue weighted by molar-refractivity contribution is 5.00. The standard InChI is InChI=1S/C7H12N/c1-8-5-6-2-3-7(8)4-6/h2,6-7H,3-5H2,1H3. The van der Waals surface area contributed by atoms with E-state index in [9.17, 15) is 0 Å². The Morgan fingerprint density at radius 2 is 2.50 bits per heavy atom. The Labute approximate surface area is 50.7 Å². The number of hydrogen-bond acceptors (Lipinski definition) is 1. The fourth-order valence-corrected chi connectivity index (χ4v) is 1.92. The molecule has 1 heteroatoms. The molecule has 45 valence electrons. The Balaban J connectivity index is 2.11. The maximum absolute atomic E-state index is 2.48. The predicted octanol–water partition coefficient (Wildman–Crippen LogP) is 0.915. The highest BCUT2D eigenvalue weighted by Gasteiger charge is 2.35. The average molecular weight is 110 g/mol. The zero-order valence-electron chi connectivity index (χ0n) is 5.30. The monoisotopic (exact) mass is 110 g/mol. The van der Waals surface area contributed by atoms with E-state index in [2.05, 4.69) is 18.4 Å². The molecule has 0 aromatic rings. The van der Waals surface area contributed by atoms with Gasteiger partial charge in [-0.15, -0.1) is 0 Å². The van der Waals surface area contributed by atoms with Crippen molar-refractivity contribution in [1.82, 2.24) is 4.90 Å². The molecular weight excluding hydrogens is 98.1 g/mol. The van der Waals surface area contributed by atoms with Crippen molar-refractivity contribution in [3.63, 3.8) is 0 Å². The molecule has 2 rings (SSSR count). The fraction of sp³-hybridized carbons (Fsp3) is 0.857. The smallest absolute Gasteiger partial charge is 0.00984 e. The first kappa shape index (κ1) is 4.80. The van der Waals surface area contributed by atoms with E-state index in [0.29, 0.717) is 0 Å². The molecule has 2 aliphatic rings. The molecule has 0 spiro atoms. The minimum absolute atomic E-state index is 0.917. The molecule has 1 nitrogen and oxygen atoms in total. The first-order valence-corrected chi connectivity index (χ1v) is 3.40. The van der Waals surface area contributed by atoms with Crippen molar-refractivity contribution in [2.75, 3.05) is 13.6 Å². The molecule has 0 aromatic heterocycles. The Kier molecular flexibility index (Phi) is 0.884. The number of piperidine rings is 1. The van der Waals surface area contributed by atoms with Gasteiger partial charge in [0.2, 0.25) is 0 Å². The summed E-state index contributed by atoms with van der Waals surface area (Å²) in [6.45, 7) is 1.32. The van der Waals surface area contributed by atoms with Crippen LogP contribution < -0.4 is 0 Å². The van der Waals surface area contributed by atoms with Crippen molar-refractivity contribution in [3.8, 4) is 0 Å². The van der Waals surface area contributed by atoms with E-state index in [1.54, 1.807) is 0 Å².